The molecule has 110 valence electrons. The van der Waals surface area contributed by atoms with Gasteiger partial charge in [-0.05, 0) is 37.5 Å². The molecule has 2 N–H and O–H groups in total. The number of anilines is 1. The van der Waals surface area contributed by atoms with Crippen LogP contribution in [0.1, 0.15) is 29.6 Å². The van der Waals surface area contributed by atoms with Crippen molar-refractivity contribution in [2.24, 2.45) is 0 Å². The maximum Gasteiger partial charge on any atom is 0.253 e. The summed E-state index contributed by atoms with van der Waals surface area (Å²) >= 11 is 0. The number of benzene rings is 1. The summed E-state index contributed by atoms with van der Waals surface area (Å²) in [6, 6.07) is 5.10. The van der Waals surface area contributed by atoms with Gasteiger partial charge in [-0.1, -0.05) is 0 Å². The topological polar surface area (TPSA) is 64.8 Å². The number of amides is 1. The molecule has 1 fully saturated rings. The van der Waals surface area contributed by atoms with Crippen molar-refractivity contribution in [1.82, 2.24) is 4.90 Å². The molecule has 5 heteroatoms. The van der Waals surface area contributed by atoms with Gasteiger partial charge in [0.25, 0.3) is 5.91 Å². The van der Waals surface area contributed by atoms with E-state index in [0.717, 1.165) is 19.4 Å². The lowest BCUT2D eigenvalue weighted by Crippen LogP contribution is -2.37. The molecule has 0 aliphatic carbocycles. The Labute approximate surface area is 119 Å². The van der Waals surface area contributed by atoms with Crippen LogP contribution in [-0.4, -0.2) is 44.2 Å². The molecule has 1 unspecified atom stereocenters. The second-order valence-electron chi connectivity index (χ2n) is 5.13. The molecule has 20 heavy (non-hydrogen) atoms. The first-order valence-corrected chi connectivity index (χ1v) is 6.92. The monoisotopic (exact) mass is 278 g/mol. The van der Waals surface area contributed by atoms with Gasteiger partial charge in [0.15, 0.2) is 0 Å². The molecular weight excluding hydrogens is 256 g/mol. The highest BCUT2D eigenvalue weighted by atomic mass is 16.5. The summed E-state index contributed by atoms with van der Waals surface area (Å²) in [7, 11) is 3.35. The SMILES string of the molecule is COc1ccc(C(=O)N(C)CC2CCCCO2)cc1N. The number of ether oxygens (including phenoxy) is 2. The van der Waals surface area contributed by atoms with Crippen LogP contribution in [0.2, 0.25) is 0 Å². The quantitative estimate of drug-likeness (QED) is 0.855. The smallest absolute Gasteiger partial charge is 0.253 e. The fourth-order valence-electron chi connectivity index (χ4n) is 2.43. The minimum absolute atomic E-state index is 0.0477. The van der Waals surface area contributed by atoms with Crippen LogP contribution in [0.25, 0.3) is 0 Å². The highest BCUT2D eigenvalue weighted by molar-refractivity contribution is 5.95. The second kappa shape index (κ2) is 6.61. The average molecular weight is 278 g/mol. The number of hydrogen-bond acceptors (Lipinski definition) is 4. The number of rotatable bonds is 4. The van der Waals surface area contributed by atoms with Crippen LogP contribution in [0.3, 0.4) is 0 Å². The molecule has 1 heterocycles. The molecule has 0 bridgehead atoms. The van der Waals surface area contributed by atoms with E-state index < -0.39 is 0 Å². The fourth-order valence-corrected chi connectivity index (χ4v) is 2.43. The zero-order valence-electron chi connectivity index (χ0n) is 12.1. The summed E-state index contributed by atoms with van der Waals surface area (Å²) in [6.07, 6.45) is 3.45. The van der Waals surface area contributed by atoms with Gasteiger partial charge >= 0.3 is 0 Å². The molecule has 1 amide bonds. The maximum absolute atomic E-state index is 12.3. The molecule has 1 saturated heterocycles. The largest absolute Gasteiger partial charge is 0.495 e. The summed E-state index contributed by atoms with van der Waals surface area (Å²) in [5.74, 6) is 0.536. The summed E-state index contributed by atoms with van der Waals surface area (Å²) < 4.78 is 10.7. The third kappa shape index (κ3) is 3.42. The number of methoxy groups -OCH3 is 1. The lowest BCUT2D eigenvalue weighted by Gasteiger charge is -2.27. The average Bonchev–Trinajstić information content (AvgIpc) is 2.47. The minimum Gasteiger partial charge on any atom is -0.495 e. The van der Waals surface area contributed by atoms with Crippen molar-refractivity contribution in [3.05, 3.63) is 23.8 Å². The molecular formula is C15H22N2O3. The molecule has 1 atom stereocenters. The van der Waals surface area contributed by atoms with Crippen molar-refractivity contribution < 1.29 is 14.3 Å². The summed E-state index contributed by atoms with van der Waals surface area (Å²) in [4.78, 5) is 14.0. The normalized spacial score (nSPS) is 18.6. The first kappa shape index (κ1) is 14.7. The van der Waals surface area contributed by atoms with E-state index in [1.54, 1.807) is 37.3 Å². The number of nitrogens with two attached hydrogens (primary N) is 1. The zero-order chi connectivity index (χ0) is 14.5. The van der Waals surface area contributed by atoms with Crippen LogP contribution < -0.4 is 10.5 Å². The molecule has 0 spiro atoms. The van der Waals surface area contributed by atoms with Crippen LogP contribution in [0.15, 0.2) is 18.2 Å². The first-order chi connectivity index (χ1) is 9.61. The van der Waals surface area contributed by atoms with Gasteiger partial charge in [0.1, 0.15) is 5.75 Å². The van der Waals surface area contributed by atoms with Crippen LogP contribution in [-0.2, 0) is 4.74 Å². The zero-order valence-corrected chi connectivity index (χ0v) is 12.1. The van der Waals surface area contributed by atoms with Gasteiger partial charge in [-0.3, -0.25) is 4.79 Å². The lowest BCUT2D eigenvalue weighted by atomic mass is 10.1. The van der Waals surface area contributed by atoms with E-state index in [2.05, 4.69) is 0 Å². The Hall–Kier alpha value is -1.75. The Morgan fingerprint density at radius 3 is 2.90 bits per heavy atom. The molecule has 5 nitrogen and oxygen atoms in total. The number of likely N-dealkylation sites (N-methyl/N-ethyl adjacent to an activating group) is 1. The van der Waals surface area contributed by atoms with Gasteiger partial charge in [-0.15, -0.1) is 0 Å². The Morgan fingerprint density at radius 2 is 2.30 bits per heavy atom. The van der Waals surface area contributed by atoms with Crippen molar-refractivity contribution >= 4 is 11.6 Å². The van der Waals surface area contributed by atoms with E-state index in [9.17, 15) is 4.79 Å². The standard InChI is InChI=1S/C15H22N2O3/c1-17(10-12-5-3-4-8-20-12)15(18)11-6-7-14(19-2)13(16)9-11/h6-7,9,12H,3-5,8,10,16H2,1-2H3. The second-order valence-corrected chi connectivity index (χ2v) is 5.13. The predicted molar refractivity (Wildman–Crippen MR) is 78.0 cm³/mol. The first-order valence-electron chi connectivity index (χ1n) is 6.92. The third-order valence-corrected chi connectivity index (χ3v) is 3.57. The molecule has 1 aliphatic heterocycles. The molecule has 0 radical (unpaired) electrons. The highest BCUT2D eigenvalue weighted by Crippen LogP contribution is 2.23. The molecule has 0 aromatic heterocycles. The molecule has 1 aromatic carbocycles. The van der Waals surface area contributed by atoms with Crippen molar-refractivity contribution in [3.8, 4) is 5.75 Å². The van der Waals surface area contributed by atoms with E-state index in [0.29, 0.717) is 23.5 Å². The number of carbonyl (C=O) groups excluding carboxylic acids is 1. The summed E-state index contributed by atoms with van der Waals surface area (Å²) in [5.41, 5.74) is 6.88. The van der Waals surface area contributed by atoms with Crippen molar-refractivity contribution in [2.45, 2.75) is 25.4 Å². The van der Waals surface area contributed by atoms with E-state index in [-0.39, 0.29) is 12.0 Å². The minimum atomic E-state index is -0.0477. The van der Waals surface area contributed by atoms with Gasteiger partial charge in [-0.25, -0.2) is 0 Å². The number of carbonyl (C=O) groups is 1. The van der Waals surface area contributed by atoms with Crippen molar-refractivity contribution in [3.63, 3.8) is 0 Å². The predicted octanol–water partition coefficient (Wildman–Crippen LogP) is 1.92. The highest BCUT2D eigenvalue weighted by Gasteiger charge is 2.20. The van der Waals surface area contributed by atoms with Crippen LogP contribution in [0.5, 0.6) is 5.75 Å². The third-order valence-electron chi connectivity index (χ3n) is 3.57. The van der Waals surface area contributed by atoms with Gasteiger partial charge in [0.05, 0.1) is 18.9 Å². The van der Waals surface area contributed by atoms with Crippen molar-refractivity contribution in [2.75, 3.05) is 33.0 Å². The van der Waals surface area contributed by atoms with Crippen LogP contribution >= 0.6 is 0 Å². The maximum atomic E-state index is 12.3. The summed E-state index contributed by atoms with van der Waals surface area (Å²) in [6.45, 7) is 1.41. The number of nitrogen functional groups attached to an aromatic ring is 1. The van der Waals surface area contributed by atoms with E-state index in [1.807, 2.05) is 0 Å². The Bertz CT molecular complexity index is 470. The van der Waals surface area contributed by atoms with Gasteiger partial charge in [0.2, 0.25) is 0 Å². The van der Waals surface area contributed by atoms with E-state index >= 15 is 0 Å². The molecule has 1 aliphatic rings. The Balaban J connectivity index is 2.00. The molecule has 2 rings (SSSR count). The van der Waals surface area contributed by atoms with Gasteiger partial charge < -0.3 is 20.1 Å². The number of nitrogens with zero attached hydrogens (tertiary/aromatic N) is 1. The molecule has 0 saturated carbocycles. The Kier molecular flexibility index (Phi) is 4.84. The van der Waals surface area contributed by atoms with Gasteiger partial charge in [-0.2, -0.15) is 0 Å². The van der Waals surface area contributed by atoms with Crippen LogP contribution in [0.4, 0.5) is 5.69 Å². The molecule has 1 aromatic rings. The van der Waals surface area contributed by atoms with E-state index in [1.165, 1.54) is 6.42 Å². The fraction of sp³-hybridized carbons (Fsp3) is 0.533. The van der Waals surface area contributed by atoms with E-state index in [4.69, 9.17) is 15.2 Å². The number of hydrogen-bond donors (Lipinski definition) is 1. The summed E-state index contributed by atoms with van der Waals surface area (Å²) in [5, 5.41) is 0. The van der Waals surface area contributed by atoms with Gasteiger partial charge in [0, 0.05) is 25.8 Å². The Morgan fingerprint density at radius 1 is 1.50 bits per heavy atom. The van der Waals surface area contributed by atoms with Crippen molar-refractivity contribution in [1.29, 1.82) is 0 Å². The van der Waals surface area contributed by atoms with Crippen LogP contribution in [0, 0.1) is 0 Å². The lowest BCUT2D eigenvalue weighted by molar-refractivity contribution is -0.000186.